The van der Waals surface area contributed by atoms with Crippen molar-refractivity contribution in [1.82, 2.24) is 10.3 Å². The number of rotatable bonds is 10. The summed E-state index contributed by atoms with van der Waals surface area (Å²) in [6.07, 6.45) is -7.76. The van der Waals surface area contributed by atoms with Crippen molar-refractivity contribution in [2.45, 2.75) is 108 Å². The number of carbonyl (C=O) groups excluding carboxylic acids is 6. The van der Waals surface area contributed by atoms with Crippen LogP contribution in [-0.2, 0) is 42.9 Å². The second-order valence-corrected chi connectivity index (χ2v) is 17.2. The zero-order valence-electron chi connectivity index (χ0n) is 35.1. The lowest BCUT2D eigenvalue weighted by Crippen LogP contribution is -2.82. The molecule has 1 saturated heterocycles. The number of benzene rings is 2. The molecule has 7 rings (SSSR count). The minimum absolute atomic E-state index is 0.0111. The quantitative estimate of drug-likeness (QED) is 0.130. The Kier molecular flexibility index (Phi) is 11.8. The smallest absolute Gasteiger partial charge is 0.338 e. The van der Waals surface area contributed by atoms with E-state index in [0.717, 1.165) is 13.8 Å². The van der Waals surface area contributed by atoms with Gasteiger partial charge in [-0.15, -0.1) is 0 Å². The standard InChI is InChI=1S/C46H50N2O14/c1-24-30(60-42(56)35(52)34(27-17-19-47-20-18-27)48-40(54)28-13-9-7-10-14-28)22-46(57)39(61-41(55)29-15-11-8-12-16-29)37-44(6,31(51)21-32-45(37,23-58-32)62-26(3)50)38(53)36(59-25(2)49)33(24)43(46,4)5/h7-20,30-32,34-37,39,51-52,57H,21-23H2,1-6H3,(H,48,54)/t30-,31-,32+,34-,35+,36+,37-,39-,44+,45-,46+/m0/s1. The Hall–Kier alpha value is -5.81. The SMILES string of the molecule is CC(=O)O[C@H]1C(=O)[C@@]2(C)[C@H]([C@H](OC(=O)c3ccccc3)[C@]3(O)C[C@H](OC(=O)[C@H](O)[C@@H](NC(=O)c4ccccc4)c4ccncc4)C(C)=C1C3(C)C)[C@]1(OC(C)=O)CO[C@@H]1C[C@@H]2O. The minimum Gasteiger partial charge on any atom is -0.456 e. The van der Waals surface area contributed by atoms with Crippen molar-refractivity contribution >= 4 is 35.6 Å². The number of pyridine rings is 1. The number of aliphatic hydroxyl groups excluding tert-OH is 2. The maximum absolute atomic E-state index is 15.5. The highest BCUT2D eigenvalue weighted by molar-refractivity contribution is 5.96. The van der Waals surface area contributed by atoms with Gasteiger partial charge in [0.2, 0.25) is 0 Å². The van der Waals surface area contributed by atoms with E-state index in [2.05, 4.69) is 10.3 Å². The molecular weight excluding hydrogens is 805 g/mol. The second kappa shape index (κ2) is 16.5. The summed E-state index contributed by atoms with van der Waals surface area (Å²) in [7, 11) is 0. The van der Waals surface area contributed by atoms with E-state index < -0.39 is 113 Å². The molecule has 1 aliphatic heterocycles. The lowest BCUT2D eigenvalue weighted by atomic mass is 9.44. The van der Waals surface area contributed by atoms with Crippen molar-refractivity contribution in [2.75, 3.05) is 6.61 Å². The maximum Gasteiger partial charge on any atom is 0.338 e. The highest BCUT2D eigenvalue weighted by Gasteiger charge is 2.78. The van der Waals surface area contributed by atoms with E-state index in [-0.39, 0.29) is 35.3 Å². The van der Waals surface area contributed by atoms with Gasteiger partial charge in [0.25, 0.3) is 5.91 Å². The van der Waals surface area contributed by atoms with Gasteiger partial charge in [-0.25, -0.2) is 9.59 Å². The monoisotopic (exact) mass is 854 g/mol. The fourth-order valence-electron chi connectivity index (χ4n) is 10.1. The summed E-state index contributed by atoms with van der Waals surface area (Å²) >= 11 is 0. The summed E-state index contributed by atoms with van der Waals surface area (Å²) in [5, 5.41) is 40.2. The number of hydrogen-bond donors (Lipinski definition) is 4. The lowest BCUT2D eigenvalue weighted by Gasteiger charge is -2.67. The summed E-state index contributed by atoms with van der Waals surface area (Å²) in [6.45, 7) is 7.94. The first-order valence-electron chi connectivity index (χ1n) is 20.3. The molecule has 1 amide bonds. The van der Waals surface area contributed by atoms with Gasteiger partial charge in [-0.1, -0.05) is 50.2 Å². The Morgan fingerprint density at radius 2 is 1.48 bits per heavy atom. The number of ketones is 1. The fraction of sp³-hybridized carbons (Fsp3) is 0.457. The molecule has 2 bridgehead atoms. The number of esters is 4. The molecular formula is C46H50N2O14. The van der Waals surface area contributed by atoms with Crippen molar-refractivity contribution in [3.63, 3.8) is 0 Å². The topological polar surface area (TPSA) is 234 Å². The number of Topliss-reactive ketones (excluding diaryl/α,β-unsaturated/α-hetero) is 1. The lowest BCUT2D eigenvalue weighted by molar-refractivity contribution is -0.346. The van der Waals surface area contributed by atoms with Gasteiger partial charge in [0.15, 0.2) is 23.6 Å². The van der Waals surface area contributed by atoms with Gasteiger partial charge in [-0.05, 0) is 67.0 Å². The van der Waals surface area contributed by atoms with E-state index >= 15 is 4.79 Å². The van der Waals surface area contributed by atoms with Crippen LogP contribution >= 0.6 is 0 Å². The third-order valence-corrected chi connectivity index (χ3v) is 13.4. The van der Waals surface area contributed by atoms with E-state index in [0.29, 0.717) is 5.56 Å². The van der Waals surface area contributed by atoms with Crippen LogP contribution in [0.1, 0.15) is 86.7 Å². The molecule has 0 unspecified atom stereocenters. The molecule has 328 valence electrons. The van der Waals surface area contributed by atoms with Crippen molar-refractivity contribution < 1.29 is 67.8 Å². The molecule has 4 N–H and O–H groups in total. The normalized spacial score (nSPS) is 31.9. The molecule has 11 atom stereocenters. The number of carbonyl (C=O) groups is 6. The molecule has 0 spiro atoms. The number of nitrogens with zero attached hydrogens (tertiary/aromatic N) is 1. The molecule has 2 heterocycles. The van der Waals surface area contributed by atoms with Gasteiger partial charge in [0.1, 0.15) is 23.9 Å². The molecule has 3 fully saturated rings. The molecule has 3 aliphatic carbocycles. The number of aromatic nitrogens is 1. The Labute approximate surface area is 357 Å². The van der Waals surface area contributed by atoms with Crippen LogP contribution in [-0.4, -0.2) is 110 Å². The highest BCUT2D eigenvalue weighted by atomic mass is 16.6. The van der Waals surface area contributed by atoms with Gasteiger partial charge in [0, 0.05) is 50.1 Å². The van der Waals surface area contributed by atoms with Crippen LogP contribution in [0.4, 0.5) is 0 Å². The number of aliphatic hydroxyl groups is 3. The van der Waals surface area contributed by atoms with E-state index in [1.165, 1.54) is 50.5 Å². The molecule has 1 aromatic heterocycles. The van der Waals surface area contributed by atoms with Crippen LogP contribution < -0.4 is 5.32 Å². The molecule has 4 aliphatic rings. The molecule has 16 heteroatoms. The first kappa shape index (κ1) is 44.3. The van der Waals surface area contributed by atoms with Gasteiger partial charge >= 0.3 is 23.9 Å². The summed E-state index contributed by atoms with van der Waals surface area (Å²) in [4.78, 5) is 87.4. The third-order valence-electron chi connectivity index (χ3n) is 13.4. The molecule has 0 radical (unpaired) electrons. The fourth-order valence-corrected chi connectivity index (χ4v) is 10.1. The van der Waals surface area contributed by atoms with Gasteiger partial charge in [-0.2, -0.15) is 0 Å². The van der Waals surface area contributed by atoms with Crippen molar-refractivity contribution in [3.05, 3.63) is 113 Å². The average molecular weight is 855 g/mol. The average Bonchev–Trinajstić information content (AvgIpc) is 3.24. The predicted molar refractivity (Wildman–Crippen MR) is 215 cm³/mol. The minimum atomic E-state index is -2.40. The number of nitrogens with one attached hydrogen (secondary N) is 1. The predicted octanol–water partition coefficient (Wildman–Crippen LogP) is 3.13. The van der Waals surface area contributed by atoms with Crippen LogP contribution in [0, 0.1) is 16.7 Å². The van der Waals surface area contributed by atoms with Crippen LogP contribution in [0.15, 0.2) is 96.3 Å². The van der Waals surface area contributed by atoms with E-state index in [9.17, 15) is 39.3 Å². The first-order valence-corrected chi connectivity index (χ1v) is 20.3. The van der Waals surface area contributed by atoms with Gasteiger partial charge in [-0.3, -0.25) is 24.2 Å². The van der Waals surface area contributed by atoms with E-state index in [4.69, 9.17) is 23.7 Å². The molecule has 3 aromatic rings. The summed E-state index contributed by atoms with van der Waals surface area (Å²) in [6, 6.07) is 17.6. The Morgan fingerprint density at radius 1 is 0.871 bits per heavy atom. The summed E-state index contributed by atoms with van der Waals surface area (Å²) < 4.78 is 30.2. The summed E-state index contributed by atoms with van der Waals surface area (Å²) in [5.74, 6) is -6.91. The highest BCUT2D eigenvalue weighted by Crippen LogP contribution is 2.64. The largest absolute Gasteiger partial charge is 0.456 e. The van der Waals surface area contributed by atoms with Crippen LogP contribution in [0.2, 0.25) is 0 Å². The zero-order chi connectivity index (χ0) is 44.9. The Morgan fingerprint density at radius 3 is 2.05 bits per heavy atom. The Bertz CT molecular complexity index is 2290. The van der Waals surface area contributed by atoms with Gasteiger partial charge in [0.05, 0.1) is 35.6 Å². The Balaban J connectivity index is 1.39. The summed E-state index contributed by atoms with van der Waals surface area (Å²) in [5.41, 5.74) is -7.15. The third kappa shape index (κ3) is 7.27. The zero-order valence-corrected chi connectivity index (χ0v) is 35.1. The number of amides is 1. The van der Waals surface area contributed by atoms with E-state index in [1.807, 2.05) is 0 Å². The van der Waals surface area contributed by atoms with Crippen LogP contribution in [0.3, 0.4) is 0 Å². The van der Waals surface area contributed by atoms with Gasteiger partial charge < -0.3 is 44.3 Å². The van der Waals surface area contributed by atoms with Crippen LogP contribution in [0.25, 0.3) is 0 Å². The molecule has 2 saturated carbocycles. The maximum atomic E-state index is 15.5. The second-order valence-electron chi connectivity index (χ2n) is 17.2. The van der Waals surface area contributed by atoms with Crippen LogP contribution in [0.5, 0.6) is 0 Å². The number of fused-ring (bicyclic) bond motifs is 5. The molecule has 16 nitrogen and oxygen atoms in total. The first-order chi connectivity index (χ1) is 29.3. The van der Waals surface area contributed by atoms with Crippen molar-refractivity contribution in [1.29, 1.82) is 0 Å². The molecule has 2 aromatic carbocycles. The van der Waals surface area contributed by atoms with Crippen molar-refractivity contribution in [3.8, 4) is 0 Å². The molecule has 62 heavy (non-hydrogen) atoms. The van der Waals surface area contributed by atoms with Crippen molar-refractivity contribution in [2.24, 2.45) is 16.7 Å². The van der Waals surface area contributed by atoms with E-state index in [1.54, 1.807) is 62.4 Å². The number of ether oxygens (including phenoxy) is 5. The number of hydrogen-bond acceptors (Lipinski definition) is 15.